The van der Waals surface area contributed by atoms with Crippen LogP contribution in [-0.4, -0.2) is 37.6 Å². The summed E-state index contributed by atoms with van der Waals surface area (Å²) in [5.41, 5.74) is 7.10. The number of primary amides is 1. The fourth-order valence-corrected chi connectivity index (χ4v) is 7.69. The van der Waals surface area contributed by atoms with Crippen molar-refractivity contribution in [3.8, 4) is 0 Å². The number of nitrogens with one attached hydrogen (secondary N) is 1. The van der Waals surface area contributed by atoms with Gasteiger partial charge in [0.2, 0.25) is 10.0 Å². The lowest BCUT2D eigenvalue weighted by Gasteiger charge is -2.34. The van der Waals surface area contributed by atoms with E-state index in [1.54, 1.807) is 12.1 Å². The highest BCUT2D eigenvalue weighted by atomic mass is 32.2. The number of nitrogens with two attached hydrogens (primary N) is 1. The van der Waals surface area contributed by atoms with Crippen LogP contribution in [0.25, 0.3) is 0 Å². The molecule has 2 amide bonds. The Kier molecular flexibility index (Phi) is 5.93. The zero-order valence-electron chi connectivity index (χ0n) is 17.7. The summed E-state index contributed by atoms with van der Waals surface area (Å²) in [5.74, 6) is -0.435. The lowest BCUT2D eigenvalue weighted by molar-refractivity contribution is 0.100. The van der Waals surface area contributed by atoms with Crippen LogP contribution in [0.2, 0.25) is 0 Å². The molecule has 166 valence electrons. The van der Waals surface area contributed by atoms with Crippen LogP contribution in [0.4, 0.5) is 5.00 Å². The summed E-state index contributed by atoms with van der Waals surface area (Å²) in [5, 5.41) is 3.22. The van der Waals surface area contributed by atoms with Crippen LogP contribution in [0.15, 0.2) is 29.2 Å². The highest BCUT2D eigenvalue weighted by Gasteiger charge is 2.32. The quantitative estimate of drug-likeness (QED) is 0.712. The van der Waals surface area contributed by atoms with Crippen molar-refractivity contribution in [1.29, 1.82) is 0 Å². The Morgan fingerprint density at radius 3 is 2.55 bits per heavy atom. The molecule has 3 N–H and O–H groups in total. The molecule has 0 saturated carbocycles. The van der Waals surface area contributed by atoms with E-state index >= 15 is 0 Å². The minimum atomic E-state index is -3.69. The Bertz CT molecular complexity index is 1130. The number of fused-ring (bicyclic) bond motifs is 1. The third-order valence-electron chi connectivity index (χ3n) is 5.96. The van der Waals surface area contributed by atoms with Crippen molar-refractivity contribution in [3.63, 3.8) is 0 Å². The van der Waals surface area contributed by atoms with Gasteiger partial charge in [-0.2, -0.15) is 4.31 Å². The second-order valence-corrected chi connectivity index (χ2v) is 11.7. The third-order valence-corrected chi connectivity index (χ3v) is 9.00. The van der Waals surface area contributed by atoms with E-state index in [2.05, 4.69) is 19.2 Å². The van der Waals surface area contributed by atoms with E-state index in [4.69, 9.17) is 5.73 Å². The molecular formula is C22H27N3O4S2. The predicted molar refractivity (Wildman–Crippen MR) is 121 cm³/mol. The summed E-state index contributed by atoms with van der Waals surface area (Å²) < 4.78 is 27.9. The number of hydrogen-bond donors (Lipinski definition) is 2. The molecule has 7 nitrogen and oxygen atoms in total. The Labute approximate surface area is 186 Å². The van der Waals surface area contributed by atoms with Gasteiger partial charge in [0.25, 0.3) is 11.8 Å². The molecule has 1 fully saturated rings. The fraction of sp³-hybridized carbons (Fsp3) is 0.455. The molecule has 0 bridgehead atoms. The molecule has 4 rings (SSSR count). The van der Waals surface area contributed by atoms with Crippen LogP contribution in [0.1, 0.15) is 57.8 Å². The molecule has 2 atom stereocenters. The first-order valence-electron chi connectivity index (χ1n) is 10.5. The maximum Gasteiger partial charge on any atom is 0.256 e. The molecule has 1 aromatic heterocycles. The Hall–Kier alpha value is -2.23. The van der Waals surface area contributed by atoms with Crippen molar-refractivity contribution < 1.29 is 18.0 Å². The van der Waals surface area contributed by atoms with Crippen molar-refractivity contribution >= 4 is 38.2 Å². The van der Waals surface area contributed by atoms with E-state index < -0.39 is 21.8 Å². The highest BCUT2D eigenvalue weighted by Crippen LogP contribution is 2.39. The number of sulfonamides is 1. The van der Waals surface area contributed by atoms with E-state index in [1.807, 2.05) is 0 Å². The van der Waals surface area contributed by atoms with Gasteiger partial charge >= 0.3 is 0 Å². The number of nitrogens with zero attached hydrogens (tertiary/aromatic N) is 1. The molecule has 2 heterocycles. The predicted octanol–water partition coefficient (Wildman–Crippen LogP) is 3.25. The zero-order valence-corrected chi connectivity index (χ0v) is 19.3. The number of carbonyl (C=O) groups is 2. The van der Waals surface area contributed by atoms with Gasteiger partial charge in [0.15, 0.2) is 0 Å². The van der Waals surface area contributed by atoms with Crippen LogP contribution in [0, 0.1) is 11.8 Å². The molecule has 1 aliphatic heterocycles. The minimum Gasteiger partial charge on any atom is -0.365 e. The number of aryl methyl sites for hydroxylation is 1. The summed E-state index contributed by atoms with van der Waals surface area (Å²) in [6.07, 6.45) is 3.63. The second-order valence-electron chi connectivity index (χ2n) is 8.68. The van der Waals surface area contributed by atoms with Crippen molar-refractivity contribution in [3.05, 3.63) is 45.8 Å². The van der Waals surface area contributed by atoms with Crippen LogP contribution < -0.4 is 11.1 Å². The number of amides is 2. The summed E-state index contributed by atoms with van der Waals surface area (Å²) in [6, 6.07) is 6.06. The average molecular weight is 462 g/mol. The molecule has 0 spiro atoms. The first kappa shape index (κ1) is 22.0. The number of thiophene rings is 1. The van der Waals surface area contributed by atoms with E-state index in [0.29, 0.717) is 23.7 Å². The summed E-state index contributed by atoms with van der Waals surface area (Å²) in [6.45, 7) is 5.06. The largest absolute Gasteiger partial charge is 0.365 e. The van der Waals surface area contributed by atoms with Gasteiger partial charge in [-0.25, -0.2) is 8.42 Å². The van der Waals surface area contributed by atoms with Gasteiger partial charge in [-0.15, -0.1) is 11.3 Å². The van der Waals surface area contributed by atoms with Gasteiger partial charge in [-0.05, 0) is 61.3 Å². The number of rotatable bonds is 5. The van der Waals surface area contributed by atoms with Gasteiger partial charge in [0.1, 0.15) is 5.00 Å². The number of anilines is 1. The van der Waals surface area contributed by atoms with E-state index in [0.717, 1.165) is 36.1 Å². The van der Waals surface area contributed by atoms with Gasteiger partial charge in [-0.1, -0.05) is 19.9 Å². The maximum absolute atomic E-state index is 13.2. The lowest BCUT2D eigenvalue weighted by Crippen LogP contribution is -2.42. The molecule has 2 aromatic rings. The normalized spacial score (nSPS) is 21.6. The summed E-state index contributed by atoms with van der Waals surface area (Å²) >= 11 is 1.37. The second kappa shape index (κ2) is 8.37. The van der Waals surface area contributed by atoms with E-state index in [-0.39, 0.29) is 22.3 Å². The van der Waals surface area contributed by atoms with E-state index in [9.17, 15) is 18.0 Å². The van der Waals surface area contributed by atoms with Crippen LogP contribution in [0.3, 0.4) is 0 Å². The highest BCUT2D eigenvalue weighted by molar-refractivity contribution is 7.89. The fourth-order valence-electron chi connectivity index (χ4n) is 4.68. The summed E-state index contributed by atoms with van der Waals surface area (Å²) in [7, 11) is -3.69. The third kappa shape index (κ3) is 4.26. The Morgan fingerprint density at radius 2 is 1.87 bits per heavy atom. The van der Waals surface area contributed by atoms with Crippen LogP contribution in [-0.2, 0) is 22.9 Å². The zero-order chi connectivity index (χ0) is 22.3. The molecule has 0 unspecified atom stereocenters. The van der Waals surface area contributed by atoms with E-state index in [1.165, 1.54) is 27.8 Å². The van der Waals surface area contributed by atoms with Crippen molar-refractivity contribution in [2.24, 2.45) is 17.6 Å². The van der Waals surface area contributed by atoms with Crippen LogP contribution >= 0.6 is 11.3 Å². The molecule has 0 radical (unpaired) electrons. The SMILES string of the molecule is C[C@@H]1C[C@H](C)CN(S(=O)(=O)c2cccc(C(=O)Nc3sc4c(c3C(N)=O)CCC4)c2)C1. The van der Waals surface area contributed by atoms with Gasteiger partial charge in [0, 0.05) is 23.5 Å². The lowest BCUT2D eigenvalue weighted by atomic mass is 9.94. The molecule has 9 heteroatoms. The topological polar surface area (TPSA) is 110 Å². The summed E-state index contributed by atoms with van der Waals surface area (Å²) in [4.78, 5) is 26.1. The van der Waals surface area contributed by atoms with Crippen LogP contribution in [0.5, 0.6) is 0 Å². The molecular weight excluding hydrogens is 434 g/mol. The first-order valence-corrected chi connectivity index (χ1v) is 12.8. The number of benzene rings is 1. The number of hydrogen-bond acceptors (Lipinski definition) is 5. The Morgan fingerprint density at radius 1 is 1.16 bits per heavy atom. The van der Waals surface area contributed by atoms with Crippen molar-refractivity contribution in [2.75, 3.05) is 18.4 Å². The standard InChI is InChI=1S/C22H27N3O4S2/c1-13-9-14(2)12-25(11-13)31(28,29)16-6-3-5-15(10-16)21(27)24-22-19(20(23)26)17-7-4-8-18(17)30-22/h3,5-6,10,13-14H,4,7-9,11-12H2,1-2H3,(H2,23,26)(H,24,27)/t13-,14+. The minimum absolute atomic E-state index is 0.102. The maximum atomic E-state index is 13.2. The smallest absolute Gasteiger partial charge is 0.256 e. The van der Waals surface area contributed by atoms with Gasteiger partial charge in [-0.3, -0.25) is 9.59 Å². The average Bonchev–Trinajstić information content (AvgIpc) is 3.27. The van der Waals surface area contributed by atoms with Gasteiger partial charge in [0.05, 0.1) is 10.5 Å². The molecule has 1 aliphatic carbocycles. The number of piperidine rings is 1. The molecule has 2 aliphatic rings. The molecule has 1 aromatic carbocycles. The number of carbonyl (C=O) groups excluding carboxylic acids is 2. The monoisotopic (exact) mass is 461 g/mol. The molecule has 31 heavy (non-hydrogen) atoms. The first-order chi connectivity index (χ1) is 14.7. The van der Waals surface area contributed by atoms with Crippen molar-refractivity contribution in [2.45, 2.75) is 44.4 Å². The molecule has 1 saturated heterocycles. The van der Waals surface area contributed by atoms with Gasteiger partial charge < -0.3 is 11.1 Å². The van der Waals surface area contributed by atoms with Crippen molar-refractivity contribution in [1.82, 2.24) is 4.31 Å². The Balaban J connectivity index is 1.59.